The lowest BCUT2D eigenvalue weighted by Gasteiger charge is -2.44. The average molecular weight is 395 g/mol. The molecule has 7 nitrogen and oxygen atoms in total. The normalized spacial score (nSPS) is 26.5. The van der Waals surface area contributed by atoms with Crippen LogP contribution in [0, 0.1) is 5.92 Å². The van der Waals surface area contributed by atoms with Crippen molar-refractivity contribution in [1.82, 2.24) is 15.1 Å². The molecule has 1 aliphatic heterocycles. The first-order chi connectivity index (χ1) is 13.6. The quantitative estimate of drug-likeness (QED) is 0.612. The lowest BCUT2D eigenvalue weighted by Crippen LogP contribution is -2.59. The topological polar surface area (TPSA) is 87.9 Å². The standard InChI is InChI=1S/C21H38N4O3/c1-28-15-20(26)24-12-9-18(13-19(24)21(27)23-11-10-22)25(17-7-8-17)14-16-5-3-2-4-6-16/h16-19H,2-15,22H2,1H3,(H,23,27)/t18?,19-/m1/s1. The van der Waals surface area contributed by atoms with Crippen LogP contribution in [-0.4, -0.2) is 79.6 Å². The summed E-state index contributed by atoms with van der Waals surface area (Å²) in [4.78, 5) is 29.7. The van der Waals surface area contributed by atoms with E-state index in [-0.39, 0.29) is 18.4 Å². The van der Waals surface area contributed by atoms with Crippen LogP contribution in [0.15, 0.2) is 0 Å². The Kier molecular flexibility index (Phi) is 8.11. The Labute approximate surface area is 169 Å². The summed E-state index contributed by atoms with van der Waals surface area (Å²) in [5.74, 6) is 0.624. The van der Waals surface area contributed by atoms with Gasteiger partial charge in [-0.05, 0) is 44.4 Å². The minimum Gasteiger partial charge on any atom is -0.375 e. The number of nitrogens with zero attached hydrogens (tertiary/aromatic N) is 2. The fraction of sp³-hybridized carbons (Fsp3) is 0.905. The Morgan fingerprint density at radius 2 is 1.86 bits per heavy atom. The maximum Gasteiger partial charge on any atom is 0.249 e. The van der Waals surface area contributed by atoms with E-state index in [4.69, 9.17) is 10.5 Å². The summed E-state index contributed by atoms with van der Waals surface area (Å²) in [6.07, 6.45) is 11.0. The van der Waals surface area contributed by atoms with E-state index in [1.54, 1.807) is 4.90 Å². The fourth-order valence-electron chi connectivity index (χ4n) is 4.98. The van der Waals surface area contributed by atoms with Gasteiger partial charge in [0.15, 0.2) is 0 Å². The molecule has 2 aliphatic carbocycles. The van der Waals surface area contributed by atoms with Crippen molar-refractivity contribution in [1.29, 1.82) is 0 Å². The van der Waals surface area contributed by atoms with Gasteiger partial charge < -0.3 is 20.7 Å². The summed E-state index contributed by atoms with van der Waals surface area (Å²) in [7, 11) is 1.52. The molecule has 0 bridgehead atoms. The van der Waals surface area contributed by atoms with Crippen LogP contribution in [0.25, 0.3) is 0 Å². The zero-order valence-electron chi connectivity index (χ0n) is 17.4. The SMILES string of the molecule is COCC(=O)N1CCC(N(CC2CCCCC2)C2CC2)C[C@@H]1C(=O)NCCN. The van der Waals surface area contributed by atoms with Crippen LogP contribution in [0.5, 0.6) is 0 Å². The number of methoxy groups -OCH3 is 1. The number of carbonyl (C=O) groups is 2. The second-order valence-electron chi connectivity index (χ2n) is 8.73. The predicted molar refractivity (Wildman–Crippen MR) is 109 cm³/mol. The zero-order chi connectivity index (χ0) is 19.9. The van der Waals surface area contributed by atoms with Crippen molar-refractivity contribution in [3.05, 3.63) is 0 Å². The van der Waals surface area contributed by atoms with Crippen molar-refractivity contribution in [2.45, 2.75) is 75.9 Å². The molecule has 0 aromatic heterocycles. The van der Waals surface area contributed by atoms with Gasteiger partial charge in [0.05, 0.1) is 0 Å². The lowest BCUT2D eigenvalue weighted by atomic mass is 9.87. The van der Waals surface area contributed by atoms with Crippen LogP contribution in [0.3, 0.4) is 0 Å². The van der Waals surface area contributed by atoms with Gasteiger partial charge in [0.25, 0.3) is 0 Å². The van der Waals surface area contributed by atoms with Gasteiger partial charge in [-0.2, -0.15) is 0 Å². The van der Waals surface area contributed by atoms with Gasteiger partial charge in [-0.3, -0.25) is 14.5 Å². The number of hydrogen-bond acceptors (Lipinski definition) is 5. The number of nitrogens with two attached hydrogens (primary N) is 1. The molecule has 7 heteroatoms. The van der Waals surface area contributed by atoms with Gasteiger partial charge in [0.2, 0.25) is 11.8 Å². The summed E-state index contributed by atoms with van der Waals surface area (Å²) in [6.45, 7) is 2.67. The average Bonchev–Trinajstić information content (AvgIpc) is 3.56. The van der Waals surface area contributed by atoms with E-state index in [0.29, 0.717) is 31.7 Å². The van der Waals surface area contributed by atoms with Crippen molar-refractivity contribution in [3.63, 3.8) is 0 Å². The molecule has 0 radical (unpaired) electrons. The summed E-state index contributed by atoms with van der Waals surface area (Å²) >= 11 is 0. The minimum absolute atomic E-state index is 0.0275. The molecule has 28 heavy (non-hydrogen) atoms. The second kappa shape index (κ2) is 10.6. The highest BCUT2D eigenvalue weighted by Crippen LogP contribution is 2.36. The molecule has 0 aromatic rings. The van der Waals surface area contributed by atoms with Gasteiger partial charge in [0, 0.05) is 45.4 Å². The molecule has 160 valence electrons. The van der Waals surface area contributed by atoms with Gasteiger partial charge in [0.1, 0.15) is 12.6 Å². The molecule has 2 amide bonds. The number of hydrogen-bond donors (Lipinski definition) is 2. The Morgan fingerprint density at radius 1 is 1.11 bits per heavy atom. The third kappa shape index (κ3) is 5.67. The zero-order valence-corrected chi connectivity index (χ0v) is 17.4. The number of ether oxygens (including phenoxy) is 1. The van der Waals surface area contributed by atoms with Crippen molar-refractivity contribution in [3.8, 4) is 0 Å². The van der Waals surface area contributed by atoms with E-state index in [2.05, 4.69) is 10.2 Å². The predicted octanol–water partition coefficient (Wildman–Crippen LogP) is 1.11. The minimum atomic E-state index is -0.416. The van der Waals surface area contributed by atoms with Crippen molar-refractivity contribution >= 4 is 11.8 Å². The molecule has 1 unspecified atom stereocenters. The van der Waals surface area contributed by atoms with Crippen LogP contribution in [0.4, 0.5) is 0 Å². The van der Waals surface area contributed by atoms with Gasteiger partial charge >= 0.3 is 0 Å². The summed E-state index contributed by atoms with van der Waals surface area (Å²) < 4.78 is 5.04. The first-order valence-corrected chi connectivity index (χ1v) is 11.2. The first kappa shape index (κ1) is 21.5. The van der Waals surface area contributed by atoms with Crippen molar-refractivity contribution in [2.75, 3.05) is 39.9 Å². The largest absolute Gasteiger partial charge is 0.375 e. The molecule has 1 saturated heterocycles. The number of likely N-dealkylation sites (tertiary alicyclic amines) is 1. The molecule has 2 atom stereocenters. The van der Waals surface area contributed by atoms with Crippen LogP contribution in [-0.2, 0) is 14.3 Å². The highest BCUT2D eigenvalue weighted by atomic mass is 16.5. The smallest absolute Gasteiger partial charge is 0.249 e. The van der Waals surface area contributed by atoms with E-state index in [0.717, 1.165) is 18.8 Å². The van der Waals surface area contributed by atoms with Gasteiger partial charge in [-0.15, -0.1) is 0 Å². The monoisotopic (exact) mass is 394 g/mol. The van der Waals surface area contributed by atoms with Gasteiger partial charge in [-0.1, -0.05) is 19.3 Å². The van der Waals surface area contributed by atoms with Crippen LogP contribution in [0.1, 0.15) is 57.8 Å². The number of amides is 2. The molecule has 3 rings (SSSR count). The summed E-state index contributed by atoms with van der Waals surface area (Å²) in [6, 6.07) is 0.649. The highest BCUT2D eigenvalue weighted by molar-refractivity contribution is 5.88. The number of nitrogens with one attached hydrogen (secondary N) is 1. The molecule has 3 N–H and O–H groups in total. The number of piperidine rings is 1. The van der Waals surface area contributed by atoms with E-state index < -0.39 is 6.04 Å². The molecule has 3 fully saturated rings. The Hall–Kier alpha value is -1.18. The molecular weight excluding hydrogens is 356 g/mol. The lowest BCUT2D eigenvalue weighted by molar-refractivity contribution is -0.146. The van der Waals surface area contributed by atoms with E-state index in [1.165, 1.54) is 58.6 Å². The molecule has 2 saturated carbocycles. The van der Waals surface area contributed by atoms with Crippen molar-refractivity contribution < 1.29 is 14.3 Å². The number of rotatable bonds is 9. The molecule has 3 aliphatic rings. The van der Waals surface area contributed by atoms with E-state index in [9.17, 15) is 9.59 Å². The van der Waals surface area contributed by atoms with Crippen LogP contribution < -0.4 is 11.1 Å². The molecule has 1 heterocycles. The fourth-order valence-corrected chi connectivity index (χ4v) is 4.98. The highest BCUT2D eigenvalue weighted by Gasteiger charge is 2.42. The van der Waals surface area contributed by atoms with Crippen molar-refractivity contribution in [2.24, 2.45) is 11.7 Å². The third-order valence-corrected chi connectivity index (χ3v) is 6.59. The first-order valence-electron chi connectivity index (χ1n) is 11.2. The Morgan fingerprint density at radius 3 is 2.50 bits per heavy atom. The third-order valence-electron chi connectivity index (χ3n) is 6.59. The molecule has 0 aromatic carbocycles. The van der Waals surface area contributed by atoms with Gasteiger partial charge in [-0.25, -0.2) is 0 Å². The Bertz CT molecular complexity index is 520. The van der Waals surface area contributed by atoms with E-state index >= 15 is 0 Å². The Balaban J connectivity index is 1.67. The summed E-state index contributed by atoms with van der Waals surface area (Å²) in [5.41, 5.74) is 5.55. The van der Waals surface area contributed by atoms with Crippen LogP contribution in [0.2, 0.25) is 0 Å². The summed E-state index contributed by atoms with van der Waals surface area (Å²) in [5, 5.41) is 2.90. The maximum absolute atomic E-state index is 12.8. The van der Waals surface area contributed by atoms with Crippen LogP contribution >= 0.6 is 0 Å². The van der Waals surface area contributed by atoms with E-state index in [1.807, 2.05) is 0 Å². The second-order valence-corrected chi connectivity index (χ2v) is 8.73. The number of carbonyl (C=O) groups excluding carboxylic acids is 2. The maximum atomic E-state index is 12.8. The molecular formula is C21H38N4O3. The molecule has 0 spiro atoms.